The van der Waals surface area contributed by atoms with Crippen LogP contribution in [0.5, 0.6) is 0 Å². The number of fused-ring (bicyclic) bond motifs is 1. The number of amides is 4. The third-order valence-corrected chi connectivity index (χ3v) is 9.29. The Morgan fingerprint density at radius 1 is 1.08 bits per heavy atom. The molecular weight excluding hydrogens is 626 g/mol. The fourth-order valence-electron chi connectivity index (χ4n) is 6.40. The largest absolute Gasteiger partial charge is 0.444 e. The summed E-state index contributed by atoms with van der Waals surface area (Å²) in [4.78, 5) is 68.4. The summed E-state index contributed by atoms with van der Waals surface area (Å²) in [6.07, 6.45) is 7.88. The molecule has 13 nitrogen and oxygen atoms in total. The lowest BCUT2D eigenvalue weighted by Gasteiger charge is -2.37. The molecule has 0 saturated carbocycles. The van der Waals surface area contributed by atoms with Gasteiger partial charge in [0.1, 0.15) is 23.4 Å². The van der Waals surface area contributed by atoms with E-state index in [1.165, 1.54) is 11.9 Å². The van der Waals surface area contributed by atoms with Crippen molar-refractivity contribution in [1.82, 2.24) is 34.4 Å². The molecule has 0 unspecified atom stereocenters. The van der Waals surface area contributed by atoms with E-state index in [1.807, 2.05) is 35.2 Å². The van der Waals surface area contributed by atoms with Crippen molar-refractivity contribution in [3.63, 3.8) is 0 Å². The number of nitrogens with one attached hydrogen (secondary N) is 1. The summed E-state index contributed by atoms with van der Waals surface area (Å²) in [5.74, 6) is -0.537. The fourth-order valence-corrected chi connectivity index (χ4v) is 6.40. The summed E-state index contributed by atoms with van der Waals surface area (Å²) in [5, 5.41) is 3.01. The lowest BCUT2D eigenvalue weighted by atomic mass is 9.90. The summed E-state index contributed by atoms with van der Waals surface area (Å²) in [5.41, 5.74) is 0.674. The normalized spacial score (nSPS) is 18.1. The maximum Gasteiger partial charge on any atom is 0.410 e. The van der Waals surface area contributed by atoms with Crippen molar-refractivity contribution in [2.45, 2.75) is 83.5 Å². The van der Waals surface area contributed by atoms with Crippen LogP contribution in [0.4, 0.5) is 4.79 Å². The maximum atomic E-state index is 14.5. The van der Waals surface area contributed by atoms with Gasteiger partial charge in [-0.1, -0.05) is 30.3 Å². The van der Waals surface area contributed by atoms with Crippen LogP contribution in [0.2, 0.25) is 0 Å². The van der Waals surface area contributed by atoms with Gasteiger partial charge in [-0.15, -0.1) is 0 Å². The molecule has 3 atom stereocenters. The van der Waals surface area contributed by atoms with Gasteiger partial charge in [0, 0.05) is 64.5 Å². The van der Waals surface area contributed by atoms with E-state index in [-0.39, 0.29) is 29.5 Å². The molecule has 2 saturated heterocycles. The van der Waals surface area contributed by atoms with Crippen molar-refractivity contribution in [1.29, 1.82) is 0 Å². The first-order valence-corrected chi connectivity index (χ1v) is 17.2. The van der Waals surface area contributed by atoms with Crippen LogP contribution in [-0.2, 0) is 25.5 Å². The van der Waals surface area contributed by atoms with Gasteiger partial charge in [-0.2, -0.15) is 0 Å². The zero-order valence-electron chi connectivity index (χ0n) is 29.2. The van der Waals surface area contributed by atoms with E-state index < -0.39 is 29.7 Å². The molecule has 3 aromatic rings. The van der Waals surface area contributed by atoms with Gasteiger partial charge in [-0.05, 0) is 77.3 Å². The molecule has 0 bridgehead atoms. The van der Waals surface area contributed by atoms with Crippen LogP contribution < -0.4 is 5.32 Å². The first-order chi connectivity index (χ1) is 23.4. The van der Waals surface area contributed by atoms with Gasteiger partial charge >= 0.3 is 6.09 Å². The number of hydrogen-bond acceptors (Lipinski definition) is 8. The Kier molecular flexibility index (Phi) is 11.5. The molecule has 2 aromatic heterocycles. The minimum absolute atomic E-state index is 0.133. The monoisotopic (exact) mass is 675 g/mol. The zero-order chi connectivity index (χ0) is 35.1. The molecule has 264 valence electrons. The second-order valence-electron chi connectivity index (χ2n) is 14.0. The van der Waals surface area contributed by atoms with Crippen LogP contribution in [-0.4, -0.2) is 117 Å². The van der Waals surface area contributed by atoms with Gasteiger partial charge < -0.3 is 24.6 Å². The Hall–Kier alpha value is -4.52. The van der Waals surface area contributed by atoms with Gasteiger partial charge in [0.15, 0.2) is 0 Å². The predicted octanol–water partition coefficient (Wildman–Crippen LogP) is 3.57. The number of rotatable bonds is 11. The van der Waals surface area contributed by atoms with Crippen molar-refractivity contribution in [2.75, 3.05) is 39.9 Å². The summed E-state index contributed by atoms with van der Waals surface area (Å²) in [6, 6.07) is 9.84. The Bertz CT molecular complexity index is 1570. The van der Waals surface area contributed by atoms with Crippen LogP contribution in [0, 0.1) is 5.92 Å². The second kappa shape index (κ2) is 15.8. The highest BCUT2D eigenvalue weighted by Gasteiger charge is 2.40. The minimum atomic E-state index is -0.870. The molecule has 2 aliphatic heterocycles. The third kappa shape index (κ3) is 9.14. The third-order valence-electron chi connectivity index (χ3n) is 9.29. The average Bonchev–Trinajstić information content (AvgIpc) is 3.75. The number of nitrogens with zero attached hydrogens (tertiary/aromatic N) is 6. The molecule has 1 aromatic carbocycles. The summed E-state index contributed by atoms with van der Waals surface area (Å²) in [7, 11) is 1.51. The zero-order valence-corrected chi connectivity index (χ0v) is 29.2. The standard InChI is InChI=1S/C36H49N7O6/c1-25(40(5)35(47)49-36(2,3)4)31(44)39-30(27-15-21-48-22-16-27)33(46)43-19-9-13-28(43)23-41(20-14-26-11-7-6-8-12-26)32(45)29-24-42-18-10-17-37-34(42)38-29/h6-8,10-12,17-18,24-25,27-28,30H,9,13-16,19-23H2,1-5H3,(H,39,44)/t25-,28-,30-/m0/s1. The Morgan fingerprint density at radius 2 is 1.82 bits per heavy atom. The predicted molar refractivity (Wildman–Crippen MR) is 183 cm³/mol. The van der Waals surface area contributed by atoms with Gasteiger partial charge in [0.05, 0.1) is 0 Å². The van der Waals surface area contributed by atoms with Crippen molar-refractivity contribution in [3.05, 3.63) is 66.2 Å². The van der Waals surface area contributed by atoms with Crippen LogP contribution in [0.15, 0.2) is 55.0 Å². The minimum Gasteiger partial charge on any atom is -0.444 e. The molecule has 0 radical (unpaired) electrons. The summed E-state index contributed by atoms with van der Waals surface area (Å²) >= 11 is 0. The molecule has 5 rings (SSSR count). The molecule has 13 heteroatoms. The SMILES string of the molecule is C[C@@H](C(=O)N[C@H](C(=O)N1CCC[C@H]1CN(CCc1ccccc1)C(=O)c1cn2cccnc2n1)C1CCOCC1)N(C)C(=O)OC(C)(C)C. The Labute approximate surface area is 287 Å². The highest BCUT2D eigenvalue weighted by Crippen LogP contribution is 2.26. The van der Waals surface area contributed by atoms with Crippen molar-refractivity contribution in [3.8, 4) is 0 Å². The van der Waals surface area contributed by atoms with Crippen LogP contribution in [0.25, 0.3) is 5.78 Å². The van der Waals surface area contributed by atoms with Crippen molar-refractivity contribution in [2.24, 2.45) is 5.92 Å². The first-order valence-electron chi connectivity index (χ1n) is 17.2. The number of likely N-dealkylation sites (N-methyl/N-ethyl adjacent to an activating group) is 1. The molecule has 2 fully saturated rings. The highest BCUT2D eigenvalue weighted by atomic mass is 16.6. The Balaban J connectivity index is 1.34. The lowest BCUT2D eigenvalue weighted by molar-refractivity contribution is -0.141. The lowest BCUT2D eigenvalue weighted by Crippen LogP contribution is -2.58. The van der Waals surface area contributed by atoms with E-state index in [0.717, 1.165) is 18.4 Å². The number of benzene rings is 1. The number of hydrogen-bond donors (Lipinski definition) is 1. The van der Waals surface area contributed by atoms with E-state index in [4.69, 9.17) is 9.47 Å². The van der Waals surface area contributed by atoms with E-state index in [0.29, 0.717) is 57.9 Å². The molecule has 49 heavy (non-hydrogen) atoms. The molecule has 0 aliphatic carbocycles. The number of carbonyl (C=O) groups excluding carboxylic acids is 4. The number of ether oxygens (including phenoxy) is 2. The smallest absolute Gasteiger partial charge is 0.410 e. The number of imidazole rings is 1. The molecule has 4 heterocycles. The highest BCUT2D eigenvalue weighted by molar-refractivity contribution is 5.93. The van der Waals surface area contributed by atoms with E-state index in [1.54, 1.807) is 61.7 Å². The van der Waals surface area contributed by atoms with E-state index in [2.05, 4.69) is 15.3 Å². The van der Waals surface area contributed by atoms with Gasteiger partial charge in [0.2, 0.25) is 17.6 Å². The van der Waals surface area contributed by atoms with E-state index >= 15 is 0 Å². The molecule has 0 spiro atoms. The van der Waals surface area contributed by atoms with Crippen LogP contribution in [0.1, 0.15) is 69.4 Å². The first kappa shape index (κ1) is 35.8. The molecule has 2 aliphatic rings. The van der Waals surface area contributed by atoms with Gasteiger partial charge in [0.25, 0.3) is 5.91 Å². The fraction of sp³-hybridized carbons (Fsp3) is 0.556. The molecular formula is C36H49N7O6. The van der Waals surface area contributed by atoms with Crippen LogP contribution in [0.3, 0.4) is 0 Å². The average molecular weight is 676 g/mol. The number of likely N-dealkylation sites (tertiary alicyclic amines) is 1. The molecule has 4 amide bonds. The summed E-state index contributed by atoms with van der Waals surface area (Å²) < 4.78 is 12.8. The topological polar surface area (TPSA) is 139 Å². The van der Waals surface area contributed by atoms with Crippen molar-refractivity contribution >= 4 is 29.6 Å². The number of aromatic nitrogens is 3. The summed E-state index contributed by atoms with van der Waals surface area (Å²) in [6.45, 7) is 9.19. The van der Waals surface area contributed by atoms with Crippen LogP contribution >= 0.6 is 0 Å². The second-order valence-corrected chi connectivity index (χ2v) is 14.0. The Morgan fingerprint density at radius 3 is 2.51 bits per heavy atom. The van der Waals surface area contributed by atoms with Crippen molar-refractivity contribution < 1.29 is 28.7 Å². The van der Waals surface area contributed by atoms with E-state index in [9.17, 15) is 19.2 Å². The maximum absolute atomic E-state index is 14.5. The van der Waals surface area contributed by atoms with Gasteiger partial charge in [-0.25, -0.2) is 14.8 Å². The van der Waals surface area contributed by atoms with Gasteiger partial charge in [-0.3, -0.25) is 23.7 Å². The quantitative estimate of drug-likeness (QED) is 0.326. The molecule has 1 N–H and O–H groups in total. The number of carbonyl (C=O) groups is 4.